The lowest BCUT2D eigenvalue weighted by atomic mass is 10.2. The van der Waals surface area contributed by atoms with Crippen LogP contribution < -0.4 is 16.2 Å². The number of aromatic nitrogens is 6. The van der Waals surface area contributed by atoms with E-state index >= 15 is 0 Å². The molecular formula is C22H18ClFN8O. The van der Waals surface area contributed by atoms with Crippen LogP contribution in [-0.4, -0.2) is 36.4 Å². The van der Waals surface area contributed by atoms with E-state index in [1.807, 2.05) is 0 Å². The Bertz CT molecular complexity index is 1520. The third-order valence-corrected chi connectivity index (χ3v) is 5.47. The van der Waals surface area contributed by atoms with Gasteiger partial charge in [0, 0.05) is 12.2 Å². The lowest BCUT2D eigenvalue weighted by molar-refractivity contribution is 0.626. The number of nitrogens with zero attached hydrogens (tertiary/aromatic N) is 4. The zero-order valence-corrected chi connectivity index (χ0v) is 17.9. The van der Waals surface area contributed by atoms with Gasteiger partial charge in [0.05, 0.1) is 28.8 Å². The number of halogens is 2. The molecule has 0 saturated heterocycles. The number of imidazole rings is 1. The summed E-state index contributed by atoms with van der Waals surface area (Å²) in [5.41, 5.74) is 3.72. The maximum atomic E-state index is 12.5. The van der Waals surface area contributed by atoms with E-state index in [0.29, 0.717) is 45.3 Å². The van der Waals surface area contributed by atoms with Gasteiger partial charge < -0.3 is 20.6 Å². The molecule has 4 N–H and O–H groups in total. The minimum atomic E-state index is -0.272. The van der Waals surface area contributed by atoms with Crippen molar-refractivity contribution in [2.45, 2.75) is 13.0 Å². The van der Waals surface area contributed by atoms with E-state index in [0.717, 1.165) is 24.2 Å². The normalized spacial score (nSPS) is 12.2. The monoisotopic (exact) mass is 464 g/mol. The minimum absolute atomic E-state index is 0.137. The molecule has 166 valence electrons. The predicted molar refractivity (Wildman–Crippen MR) is 125 cm³/mol. The van der Waals surface area contributed by atoms with E-state index in [2.05, 4.69) is 40.5 Å². The molecule has 4 heterocycles. The Kier molecular flexibility index (Phi) is 5.57. The second-order valence-electron chi connectivity index (χ2n) is 7.30. The van der Waals surface area contributed by atoms with Gasteiger partial charge in [0.15, 0.2) is 11.5 Å². The number of anilines is 2. The standard InChI is InChI=1S/C14H10ClN7O.C8H8FN/c15-7-2-1-3-8-10(7)14(23)22-9(21-8)4-16-12-11-13(18-5-17-11)20-6-19-12;9-7-1-2-8-6(5-7)3-4-10-8/h1-3,5-6H,4H2,(H,21,22,23)(H2,16,17,18,19,20);1-2,5,10H,3-4H2. The van der Waals surface area contributed by atoms with Crippen molar-refractivity contribution in [2.24, 2.45) is 0 Å². The fourth-order valence-electron chi connectivity index (χ4n) is 3.62. The number of hydrogen-bond donors (Lipinski definition) is 4. The summed E-state index contributed by atoms with van der Waals surface area (Å²) >= 11 is 6.04. The molecule has 1 aliphatic rings. The Morgan fingerprint density at radius 3 is 2.97 bits per heavy atom. The molecule has 1 aliphatic heterocycles. The van der Waals surface area contributed by atoms with Crippen molar-refractivity contribution in [1.29, 1.82) is 0 Å². The molecule has 0 amide bonds. The molecule has 9 nitrogen and oxygen atoms in total. The van der Waals surface area contributed by atoms with Crippen LogP contribution >= 0.6 is 11.6 Å². The molecule has 0 atom stereocenters. The van der Waals surface area contributed by atoms with Gasteiger partial charge in [0.25, 0.3) is 5.56 Å². The second kappa shape index (κ2) is 8.83. The van der Waals surface area contributed by atoms with Gasteiger partial charge in [-0.15, -0.1) is 0 Å². The number of nitrogens with one attached hydrogen (secondary N) is 4. The molecule has 11 heteroatoms. The fourth-order valence-corrected chi connectivity index (χ4v) is 3.88. The van der Waals surface area contributed by atoms with Crippen LogP contribution in [0.1, 0.15) is 11.4 Å². The van der Waals surface area contributed by atoms with Gasteiger partial charge in [-0.3, -0.25) is 4.79 Å². The van der Waals surface area contributed by atoms with Crippen LogP contribution in [0, 0.1) is 5.82 Å². The quantitative estimate of drug-likeness (QED) is 0.321. The van der Waals surface area contributed by atoms with E-state index in [4.69, 9.17) is 11.6 Å². The van der Waals surface area contributed by atoms with Gasteiger partial charge in [-0.2, -0.15) is 0 Å². The maximum absolute atomic E-state index is 12.5. The summed E-state index contributed by atoms with van der Waals surface area (Å²) in [4.78, 5) is 34.5. The lowest BCUT2D eigenvalue weighted by Gasteiger charge is -2.07. The predicted octanol–water partition coefficient (Wildman–Crippen LogP) is 3.65. The second-order valence-corrected chi connectivity index (χ2v) is 7.71. The van der Waals surface area contributed by atoms with Crippen molar-refractivity contribution in [3.8, 4) is 0 Å². The van der Waals surface area contributed by atoms with Crippen LogP contribution in [0.2, 0.25) is 5.02 Å². The minimum Gasteiger partial charge on any atom is -0.384 e. The Balaban J connectivity index is 0.000000190. The van der Waals surface area contributed by atoms with E-state index in [1.54, 1.807) is 36.7 Å². The summed E-state index contributed by atoms with van der Waals surface area (Å²) in [6.07, 6.45) is 3.91. The summed E-state index contributed by atoms with van der Waals surface area (Å²) in [6, 6.07) is 10.0. The zero-order valence-electron chi connectivity index (χ0n) is 17.2. The Morgan fingerprint density at radius 1 is 1.15 bits per heavy atom. The van der Waals surface area contributed by atoms with Crippen LogP contribution in [0.5, 0.6) is 0 Å². The molecule has 6 rings (SSSR count). The molecule has 5 aromatic rings. The van der Waals surface area contributed by atoms with Gasteiger partial charge in [0.2, 0.25) is 0 Å². The highest BCUT2D eigenvalue weighted by molar-refractivity contribution is 6.35. The molecule has 0 fully saturated rings. The molecule has 2 aromatic carbocycles. The van der Waals surface area contributed by atoms with Crippen LogP contribution in [0.3, 0.4) is 0 Å². The number of H-pyrrole nitrogens is 2. The number of fused-ring (bicyclic) bond motifs is 3. The highest BCUT2D eigenvalue weighted by Gasteiger charge is 2.10. The molecular weight excluding hydrogens is 447 g/mol. The highest BCUT2D eigenvalue weighted by Crippen LogP contribution is 2.22. The van der Waals surface area contributed by atoms with E-state index in [1.165, 1.54) is 12.4 Å². The first kappa shape index (κ1) is 20.8. The number of hydrogen-bond acceptors (Lipinski definition) is 7. The van der Waals surface area contributed by atoms with Gasteiger partial charge in [-0.05, 0) is 42.3 Å². The molecule has 0 spiro atoms. The number of rotatable bonds is 3. The molecule has 0 unspecified atom stereocenters. The largest absolute Gasteiger partial charge is 0.384 e. The first-order chi connectivity index (χ1) is 16.1. The van der Waals surface area contributed by atoms with Crippen molar-refractivity contribution < 1.29 is 4.39 Å². The molecule has 0 radical (unpaired) electrons. The molecule has 33 heavy (non-hydrogen) atoms. The fraction of sp³-hybridized carbons (Fsp3) is 0.136. The van der Waals surface area contributed by atoms with Gasteiger partial charge in [-0.1, -0.05) is 17.7 Å². The van der Waals surface area contributed by atoms with Gasteiger partial charge in [0.1, 0.15) is 23.5 Å². The van der Waals surface area contributed by atoms with E-state index in [-0.39, 0.29) is 11.4 Å². The summed E-state index contributed by atoms with van der Waals surface area (Å²) in [7, 11) is 0. The third-order valence-electron chi connectivity index (χ3n) is 5.16. The molecule has 0 saturated carbocycles. The van der Waals surface area contributed by atoms with Crippen LogP contribution in [0.4, 0.5) is 15.9 Å². The van der Waals surface area contributed by atoms with Gasteiger partial charge >= 0.3 is 0 Å². The van der Waals surface area contributed by atoms with Gasteiger partial charge in [-0.25, -0.2) is 24.3 Å². The van der Waals surface area contributed by atoms with Crippen LogP contribution in [0.15, 0.2) is 53.8 Å². The maximum Gasteiger partial charge on any atom is 0.260 e. The lowest BCUT2D eigenvalue weighted by Crippen LogP contribution is -2.15. The molecule has 3 aromatic heterocycles. The summed E-state index contributed by atoms with van der Waals surface area (Å²) < 4.78 is 12.5. The zero-order chi connectivity index (χ0) is 22.8. The first-order valence-electron chi connectivity index (χ1n) is 10.2. The highest BCUT2D eigenvalue weighted by atomic mass is 35.5. The average Bonchev–Trinajstić information content (AvgIpc) is 3.47. The van der Waals surface area contributed by atoms with E-state index in [9.17, 15) is 9.18 Å². The van der Waals surface area contributed by atoms with Crippen LogP contribution in [0.25, 0.3) is 22.1 Å². The van der Waals surface area contributed by atoms with E-state index < -0.39 is 0 Å². The molecule has 0 bridgehead atoms. The van der Waals surface area contributed by atoms with Crippen molar-refractivity contribution in [1.82, 2.24) is 29.9 Å². The molecule has 0 aliphatic carbocycles. The Hall–Kier alpha value is -4.05. The first-order valence-corrected chi connectivity index (χ1v) is 10.5. The smallest absolute Gasteiger partial charge is 0.260 e. The Morgan fingerprint density at radius 2 is 2.06 bits per heavy atom. The SMILES string of the molecule is Fc1ccc2c(c1)CCN2.O=c1[nH]c(CNc2ncnc3nc[nH]c23)nc2cccc(Cl)c12. The third kappa shape index (κ3) is 4.33. The van der Waals surface area contributed by atoms with Crippen molar-refractivity contribution in [3.63, 3.8) is 0 Å². The average molecular weight is 465 g/mol. The summed E-state index contributed by atoms with van der Waals surface area (Å²) in [5.74, 6) is 0.930. The number of benzene rings is 2. The summed E-state index contributed by atoms with van der Waals surface area (Å²) in [5, 5.41) is 7.03. The van der Waals surface area contributed by atoms with Crippen molar-refractivity contribution in [2.75, 3.05) is 17.2 Å². The summed E-state index contributed by atoms with van der Waals surface area (Å²) in [6.45, 7) is 1.24. The number of aromatic amines is 2. The van der Waals surface area contributed by atoms with Crippen molar-refractivity contribution >= 4 is 45.2 Å². The topological polar surface area (TPSA) is 124 Å². The Labute approximate surface area is 191 Å². The van der Waals surface area contributed by atoms with Crippen molar-refractivity contribution in [3.05, 3.63) is 81.6 Å². The van der Waals surface area contributed by atoms with Crippen LogP contribution in [-0.2, 0) is 13.0 Å².